The quantitative estimate of drug-likeness (QED) is 0.691. The Bertz CT molecular complexity index is 699. The standard InChI is InChI=1S/C15H23N3O5S/c1-22-13-9-11(3-4-12(13)18-24(2,20)21)17-14(19)15(10-16)5-7-23-8-6-15/h3-4,9,18H,5-8,10,16H2,1-2H3,(H,17,19). The molecular formula is C15H23N3O5S. The molecule has 0 saturated carbocycles. The highest BCUT2D eigenvalue weighted by Gasteiger charge is 2.38. The van der Waals surface area contributed by atoms with Gasteiger partial charge in [-0.3, -0.25) is 9.52 Å². The van der Waals surface area contributed by atoms with E-state index in [1.165, 1.54) is 13.2 Å². The average molecular weight is 357 g/mol. The van der Waals surface area contributed by atoms with E-state index in [2.05, 4.69) is 10.0 Å². The van der Waals surface area contributed by atoms with Crippen molar-refractivity contribution in [3.05, 3.63) is 18.2 Å². The first kappa shape index (κ1) is 18.5. The number of benzene rings is 1. The molecule has 1 amide bonds. The zero-order valence-corrected chi connectivity index (χ0v) is 14.6. The lowest BCUT2D eigenvalue weighted by Crippen LogP contribution is -2.46. The van der Waals surface area contributed by atoms with Gasteiger partial charge in [0, 0.05) is 31.5 Å². The van der Waals surface area contributed by atoms with Gasteiger partial charge in [0.15, 0.2) is 0 Å². The summed E-state index contributed by atoms with van der Waals surface area (Å²) in [4.78, 5) is 12.6. The number of carbonyl (C=O) groups is 1. The molecule has 134 valence electrons. The highest BCUT2D eigenvalue weighted by atomic mass is 32.2. The van der Waals surface area contributed by atoms with Gasteiger partial charge in [0.2, 0.25) is 15.9 Å². The molecule has 1 heterocycles. The molecule has 8 nitrogen and oxygen atoms in total. The molecule has 0 aromatic heterocycles. The van der Waals surface area contributed by atoms with Crippen molar-refractivity contribution in [2.75, 3.05) is 43.2 Å². The predicted molar refractivity (Wildman–Crippen MR) is 91.6 cm³/mol. The molecule has 1 saturated heterocycles. The predicted octanol–water partition coefficient (Wildman–Crippen LogP) is 0.761. The fraction of sp³-hybridized carbons (Fsp3) is 0.533. The monoisotopic (exact) mass is 357 g/mol. The fourth-order valence-corrected chi connectivity index (χ4v) is 3.17. The summed E-state index contributed by atoms with van der Waals surface area (Å²) in [5.41, 5.74) is 5.99. The molecular weight excluding hydrogens is 334 g/mol. The maximum atomic E-state index is 12.6. The van der Waals surface area contributed by atoms with Crippen molar-refractivity contribution in [3.8, 4) is 5.75 Å². The van der Waals surface area contributed by atoms with E-state index in [0.29, 0.717) is 43.2 Å². The summed E-state index contributed by atoms with van der Waals surface area (Å²) < 4.78 is 35.6. The van der Waals surface area contributed by atoms with Crippen molar-refractivity contribution in [2.45, 2.75) is 12.8 Å². The number of hydrogen-bond acceptors (Lipinski definition) is 6. The van der Waals surface area contributed by atoms with Gasteiger partial charge in [0.1, 0.15) is 5.75 Å². The molecule has 1 fully saturated rings. The zero-order valence-electron chi connectivity index (χ0n) is 13.8. The number of sulfonamides is 1. The first-order valence-corrected chi connectivity index (χ1v) is 9.44. The molecule has 1 aromatic rings. The lowest BCUT2D eigenvalue weighted by molar-refractivity contribution is -0.130. The normalized spacial score (nSPS) is 17.1. The van der Waals surface area contributed by atoms with Crippen LogP contribution >= 0.6 is 0 Å². The van der Waals surface area contributed by atoms with Crippen molar-refractivity contribution in [3.63, 3.8) is 0 Å². The van der Waals surface area contributed by atoms with Crippen molar-refractivity contribution >= 4 is 27.3 Å². The number of carbonyl (C=O) groups excluding carboxylic acids is 1. The largest absolute Gasteiger partial charge is 0.494 e. The Morgan fingerprint density at radius 2 is 2.04 bits per heavy atom. The number of hydrogen-bond donors (Lipinski definition) is 3. The number of anilines is 2. The summed E-state index contributed by atoms with van der Waals surface area (Å²) in [6, 6.07) is 4.71. The van der Waals surface area contributed by atoms with Crippen LogP contribution in [-0.2, 0) is 19.6 Å². The molecule has 0 atom stereocenters. The molecule has 1 aromatic carbocycles. The lowest BCUT2D eigenvalue weighted by atomic mass is 9.79. The number of rotatable bonds is 6. The first-order chi connectivity index (χ1) is 11.3. The van der Waals surface area contributed by atoms with Gasteiger partial charge in [0.25, 0.3) is 0 Å². The molecule has 0 bridgehead atoms. The maximum absolute atomic E-state index is 12.6. The van der Waals surface area contributed by atoms with E-state index in [0.717, 1.165) is 6.26 Å². The average Bonchev–Trinajstić information content (AvgIpc) is 2.55. The lowest BCUT2D eigenvalue weighted by Gasteiger charge is -2.34. The van der Waals surface area contributed by atoms with Gasteiger partial charge in [-0.25, -0.2) is 8.42 Å². The van der Waals surface area contributed by atoms with Crippen LogP contribution in [0.2, 0.25) is 0 Å². The third-order valence-electron chi connectivity index (χ3n) is 4.08. The van der Waals surface area contributed by atoms with Crippen molar-refractivity contribution in [1.29, 1.82) is 0 Å². The van der Waals surface area contributed by atoms with Crippen molar-refractivity contribution in [1.82, 2.24) is 0 Å². The molecule has 0 aliphatic carbocycles. The summed E-state index contributed by atoms with van der Waals surface area (Å²) >= 11 is 0. The zero-order chi connectivity index (χ0) is 17.8. The maximum Gasteiger partial charge on any atom is 0.232 e. The smallest absolute Gasteiger partial charge is 0.232 e. The van der Waals surface area contributed by atoms with Crippen LogP contribution in [0.3, 0.4) is 0 Å². The van der Waals surface area contributed by atoms with Crippen LogP contribution in [0.25, 0.3) is 0 Å². The highest BCUT2D eigenvalue weighted by Crippen LogP contribution is 2.33. The molecule has 9 heteroatoms. The highest BCUT2D eigenvalue weighted by molar-refractivity contribution is 7.92. The summed E-state index contributed by atoms with van der Waals surface area (Å²) in [7, 11) is -2.00. The van der Waals surface area contributed by atoms with Gasteiger partial charge in [0.05, 0.1) is 24.5 Å². The molecule has 2 rings (SSSR count). The second kappa shape index (κ2) is 7.37. The minimum atomic E-state index is -3.42. The molecule has 0 radical (unpaired) electrons. The van der Waals surface area contributed by atoms with E-state index in [1.807, 2.05) is 0 Å². The Hall–Kier alpha value is -1.84. The summed E-state index contributed by atoms with van der Waals surface area (Å²) in [5.74, 6) is 0.145. The van der Waals surface area contributed by atoms with Crippen LogP contribution in [0.5, 0.6) is 5.75 Å². The van der Waals surface area contributed by atoms with Crippen LogP contribution < -0.4 is 20.5 Å². The molecule has 1 aliphatic heterocycles. The van der Waals surface area contributed by atoms with Crippen LogP contribution in [-0.4, -0.2) is 47.4 Å². The number of amides is 1. The van der Waals surface area contributed by atoms with Gasteiger partial charge in [-0.05, 0) is 25.0 Å². The topological polar surface area (TPSA) is 120 Å². The molecule has 24 heavy (non-hydrogen) atoms. The van der Waals surface area contributed by atoms with Gasteiger partial charge >= 0.3 is 0 Å². The number of nitrogens with two attached hydrogens (primary N) is 1. The Morgan fingerprint density at radius 3 is 2.58 bits per heavy atom. The number of nitrogens with one attached hydrogen (secondary N) is 2. The summed E-state index contributed by atoms with van der Waals surface area (Å²) in [6.07, 6.45) is 2.19. The van der Waals surface area contributed by atoms with E-state index >= 15 is 0 Å². The minimum Gasteiger partial charge on any atom is -0.494 e. The van der Waals surface area contributed by atoms with Gasteiger partial charge in [-0.1, -0.05) is 0 Å². The number of ether oxygens (including phenoxy) is 2. The Morgan fingerprint density at radius 1 is 1.38 bits per heavy atom. The van der Waals surface area contributed by atoms with E-state index < -0.39 is 15.4 Å². The SMILES string of the molecule is COc1cc(NC(=O)C2(CN)CCOCC2)ccc1NS(C)(=O)=O. The first-order valence-electron chi connectivity index (χ1n) is 7.55. The Labute approximate surface area is 141 Å². The summed E-state index contributed by atoms with van der Waals surface area (Å²) in [6.45, 7) is 1.25. The van der Waals surface area contributed by atoms with E-state index in [4.69, 9.17) is 15.2 Å². The van der Waals surface area contributed by atoms with Gasteiger partial charge in [-0.2, -0.15) is 0 Å². The van der Waals surface area contributed by atoms with Gasteiger partial charge in [-0.15, -0.1) is 0 Å². The second-order valence-electron chi connectivity index (χ2n) is 5.84. The van der Waals surface area contributed by atoms with E-state index in [-0.39, 0.29) is 12.5 Å². The Balaban J connectivity index is 2.19. The minimum absolute atomic E-state index is 0.167. The van der Waals surface area contributed by atoms with Gasteiger partial charge < -0.3 is 20.5 Å². The molecule has 0 unspecified atom stereocenters. The van der Waals surface area contributed by atoms with Crippen molar-refractivity contribution < 1.29 is 22.7 Å². The summed E-state index contributed by atoms with van der Waals surface area (Å²) in [5, 5.41) is 2.84. The van der Waals surface area contributed by atoms with Crippen LogP contribution in [0.1, 0.15) is 12.8 Å². The molecule has 0 spiro atoms. The van der Waals surface area contributed by atoms with Crippen LogP contribution in [0.4, 0.5) is 11.4 Å². The van der Waals surface area contributed by atoms with E-state index in [1.54, 1.807) is 12.1 Å². The van der Waals surface area contributed by atoms with Crippen molar-refractivity contribution in [2.24, 2.45) is 11.1 Å². The van der Waals surface area contributed by atoms with Crippen LogP contribution in [0.15, 0.2) is 18.2 Å². The fourth-order valence-electron chi connectivity index (χ4n) is 2.60. The second-order valence-corrected chi connectivity index (χ2v) is 7.59. The Kier molecular flexibility index (Phi) is 5.68. The van der Waals surface area contributed by atoms with Crippen LogP contribution in [0, 0.1) is 5.41 Å². The number of methoxy groups -OCH3 is 1. The molecule has 1 aliphatic rings. The third-order valence-corrected chi connectivity index (χ3v) is 4.67. The van der Waals surface area contributed by atoms with E-state index in [9.17, 15) is 13.2 Å². The molecule has 4 N–H and O–H groups in total. The third kappa shape index (κ3) is 4.37.